The van der Waals surface area contributed by atoms with Gasteiger partial charge in [-0.3, -0.25) is 0 Å². The Morgan fingerprint density at radius 1 is 1.33 bits per heavy atom. The summed E-state index contributed by atoms with van der Waals surface area (Å²) in [6.07, 6.45) is 7.92. The van der Waals surface area contributed by atoms with Crippen LogP contribution in [0.4, 0.5) is 0 Å². The predicted molar refractivity (Wildman–Crippen MR) is 78.7 cm³/mol. The molecule has 2 heteroatoms. The van der Waals surface area contributed by atoms with Gasteiger partial charge in [0, 0.05) is 6.54 Å². The Morgan fingerprint density at radius 2 is 2.11 bits per heavy atom. The molecule has 2 aliphatic rings. The molecule has 1 aliphatic heterocycles. The van der Waals surface area contributed by atoms with Crippen LogP contribution in [-0.4, -0.2) is 38.1 Å². The van der Waals surface area contributed by atoms with Crippen molar-refractivity contribution in [1.29, 1.82) is 0 Å². The fraction of sp³-hybridized carbons (Fsp3) is 0.875. The van der Waals surface area contributed by atoms with Crippen LogP contribution in [0.25, 0.3) is 0 Å². The molecule has 0 amide bonds. The molecule has 0 spiro atoms. The minimum atomic E-state index is 0.784. The number of likely N-dealkylation sites (tertiary alicyclic amines) is 1. The van der Waals surface area contributed by atoms with Crippen LogP contribution in [-0.2, 0) is 0 Å². The zero-order valence-electron chi connectivity index (χ0n) is 12.4. The average molecular weight is 250 g/mol. The molecule has 0 radical (unpaired) electrons. The first kappa shape index (κ1) is 14.1. The van der Waals surface area contributed by atoms with Crippen molar-refractivity contribution in [3.05, 3.63) is 11.6 Å². The fourth-order valence-corrected chi connectivity index (χ4v) is 3.77. The third kappa shape index (κ3) is 4.40. The maximum absolute atomic E-state index is 3.73. The Bertz CT molecular complexity index is 285. The van der Waals surface area contributed by atoms with Gasteiger partial charge in [0.2, 0.25) is 0 Å². The summed E-state index contributed by atoms with van der Waals surface area (Å²) in [6, 6.07) is 0. The van der Waals surface area contributed by atoms with E-state index >= 15 is 0 Å². The molecule has 1 aliphatic carbocycles. The molecule has 0 saturated carbocycles. The van der Waals surface area contributed by atoms with Gasteiger partial charge in [-0.15, -0.1) is 0 Å². The van der Waals surface area contributed by atoms with Gasteiger partial charge in [0.25, 0.3) is 0 Å². The molecule has 1 fully saturated rings. The Labute approximate surface area is 113 Å². The van der Waals surface area contributed by atoms with Crippen molar-refractivity contribution in [2.75, 3.05) is 33.2 Å². The summed E-state index contributed by atoms with van der Waals surface area (Å²) in [5.74, 6) is 2.53. The zero-order valence-corrected chi connectivity index (χ0v) is 12.4. The molecule has 0 bridgehead atoms. The molecule has 3 unspecified atom stereocenters. The van der Waals surface area contributed by atoms with Crippen LogP contribution in [0.3, 0.4) is 0 Å². The number of rotatable bonds is 4. The van der Waals surface area contributed by atoms with E-state index in [4.69, 9.17) is 0 Å². The predicted octanol–water partition coefficient (Wildman–Crippen LogP) is 2.91. The van der Waals surface area contributed by atoms with Crippen molar-refractivity contribution >= 4 is 0 Å². The van der Waals surface area contributed by atoms with Crippen LogP contribution < -0.4 is 5.32 Å². The van der Waals surface area contributed by atoms with Gasteiger partial charge in [-0.2, -0.15) is 0 Å². The molecule has 3 atom stereocenters. The third-order valence-corrected chi connectivity index (χ3v) is 4.47. The first-order valence-corrected chi connectivity index (χ1v) is 7.70. The number of nitrogens with one attached hydrogen (secondary N) is 1. The van der Waals surface area contributed by atoms with E-state index in [9.17, 15) is 0 Å². The van der Waals surface area contributed by atoms with Crippen molar-refractivity contribution in [3.63, 3.8) is 0 Å². The number of nitrogens with zero attached hydrogens (tertiary/aromatic N) is 1. The SMILES string of the molecule is CC1=CC(C)CC(CNCC2CCCN(C)C2)C1. The normalized spacial score (nSPS) is 34.4. The molecule has 0 aromatic rings. The highest BCUT2D eigenvalue weighted by Crippen LogP contribution is 2.27. The molecule has 104 valence electrons. The van der Waals surface area contributed by atoms with Crippen molar-refractivity contribution < 1.29 is 0 Å². The van der Waals surface area contributed by atoms with Crippen molar-refractivity contribution in [1.82, 2.24) is 10.2 Å². The smallest absolute Gasteiger partial charge is 0.00187 e. The second-order valence-corrected chi connectivity index (χ2v) is 6.72. The Balaban J connectivity index is 1.65. The number of hydrogen-bond acceptors (Lipinski definition) is 2. The van der Waals surface area contributed by atoms with E-state index in [1.807, 2.05) is 0 Å². The molecule has 1 saturated heterocycles. The van der Waals surface area contributed by atoms with Gasteiger partial charge in [0.05, 0.1) is 0 Å². The quantitative estimate of drug-likeness (QED) is 0.772. The lowest BCUT2D eigenvalue weighted by atomic mass is 9.83. The summed E-state index contributed by atoms with van der Waals surface area (Å²) in [5, 5.41) is 3.73. The van der Waals surface area contributed by atoms with Crippen LogP contribution in [0.1, 0.15) is 39.5 Å². The zero-order chi connectivity index (χ0) is 13.0. The summed E-state index contributed by atoms with van der Waals surface area (Å²) in [4.78, 5) is 2.48. The summed E-state index contributed by atoms with van der Waals surface area (Å²) in [7, 11) is 2.25. The molecule has 2 rings (SSSR count). The van der Waals surface area contributed by atoms with Crippen molar-refractivity contribution in [3.8, 4) is 0 Å². The van der Waals surface area contributed by atoms with Gasteiger partial charge in [-0.1, -0.05) is 18.6 Å². The van der Waals surface area contributed by atoms with Crippen LogP contribution in [0.5, 0.6) is 0 Å². The highest BCUT2D eigenvalue weighted by atomic mass is 15.1. The Hall–Kier alpha value is -0.340. The van der Waals surface area contributed by atoms with E-state index in [1.54, 1.807) is 5.57 Å². The van der Waals surface area contributed by atoms with E-state index in [0.29, 0.717) is 0 Å². The van der Waals surface area contributed by atoms with E-state index in [2.05, 4.69) is 37.2 Å². The lowest BCUT2D eigenvalue weighted by Gasteiger charge is -2.31. The molecular weight excluding hydrogens is 220 g/mol. The molecule has 1 N–H and O–H groups in total. The minimum absolute atomic E-state index is 0.784. The van der Waals surface area contributed by atoms with Crippen LogP contribution >= 0.6 is 0 Å². The topological polar surface area (TPSA) is 15.3 Å². The van der Waals surface area contributed by atoms with Gasteiger partial charge in [0.15, 0.2) is 0 Å². The van der Waals surface area contributed by atoms with E-state index in [-0.39, 0.29) is 0 Å². The van der Waals surface area contributed by atoms with Crippen LogP contribution in [0, 0.1) is 17.8 Å². The summed E-state index contributed by atoms with van der Waals surface area (Å²) in [6.45, 7) is 9.66. The fourth-order valence-electron chi connectivity index (χ4n) is 3.77. The summed E-state index contributed by atoms with van der Waals surface area (Å²) in [5.41, 5.74) is 1.60. The van der Waals surface area contributed by atoms with Crippen molar-refractivity contribution in [2.24, 2.45) is 17.8 Å². The molecule has 0 aromatic carbocycles. The van der Waals surface area contributed by atoms with Gasteiger partial charge in [-0.05, 0) is 77.0 Å². The Kier molecular flexibility index (Phi) is 5.25. The number of hydrogen-bond donors (Lipinski definition) is 1. The van der Waals surface area contributed by atoms with E-state index in [1.165, 1.54) is 51.9 Å². The lowest BCUT2D eigenvalue weighted by Crippen LogP contribution is -2.38. The summed E-state index contributed by atoms with van der Waals surface area (Å²) < 4.78 is 0. The maximum atomic E-state index is 3.73. The summed E-state index contributed by atoms with van der Waals surface area (Å²) >= 11 is 0. The minimum Gasteiger partial charge on any atom is -0.316 e. The lowest BCUT2D eigenvalue weighted by molar-refractivity contribution is 0.203. The molecule has 1 heterocycles. The number of piperidine rings is 1. The highest BCUT2D eigenvalue weighted by molar-refractivity contribution is 5.06. The second kappa shape index (κ2) is 6.72. The van der Waals surface area contributed by atoms with Crippen molar-refractivity contribution in [2.45, 2.75) is 39.5 Å². The van der Waals surface area contributed by atoms with Gasteiger partial charge < -0.3 is 10.2 Å². The third-order valence-electron chi connectivity index (χ3n) is 4.47. The standard InChI is InChI=1S/C16H30N2/c1-13-7-14(2)9-16(8-13)11-17-10-15-5-4-6-18(3)12-15/h7,13,15-17H,4-6,8-12H2,1-3H3. The molecule has 0 aromatic heterocycles. The molecule has 2 nitrogen and oxygen atoms in total. The van der Waals surface area contributed by atoms with E-state index in [0.717, 1.165) is 17.8 Å². The van der Waals surface area contributed by atoms with Gasteiger partial charge in [-0.25, -0.2) is 0 Å². The second-order valence-electron chi connectivity index (χ2n) is 6.72. The Morgan fingerprint density at radius 3 is 2.83 bits per heavy atom. The van der Waals surface area contributed by atoms with E-state index < -0.39 is 0 Å². The van der Waals surface area contributed by atoms with Gasteiger partial charge in [0.1, 0.15) is 0 Å². The first-order valence-electron chi connectivity index (χ1n) is 7.70. The average Bonchev–Trinajstić information content (AvgIpc) is 2.27. The maximum Gasteiger partial charge on any atom is 0.00187 e. The van der Waals surface area contributed by atoms with Crippen LogP contribution in [0.2, 0.25) is 0 Å². The first-order chi connectivity index (χ1) is 8.63. The molecular formula is C16H30N2. The largest absolute Gasteiger partial charge is 0.316 e. The number of allylic oxidation sites excluding steroid dienone is 2. The monoisotopic (exact) mass is 250 g/mol. The highest BCUT2D eigenvalue weighted by Gasteiger charge is 2.20. The van der Waals surface area contributed by atoms with Gasteiger partial charge >= 0.3 is 0 Å². The molecule has 18 heavy (non-hydrogen) atoms. The van der Waals surface area contributed by atoms with Crippen LogP contribution in [0.15, 0.2) is 11.6 Å².